The van der Waals surface area contributed by atoms with Crippen molar-refractivity contribution < 1.29 is 45.9 Å². The second-order valence-corrected chi connectivity index (χ2v) is 5.09. The molecular weight excluding hydrogens is 251 g/mol. The summed E-state index contributed by atoms with van der Waals surface area (Å²) in [6.07, 6.45) is 12.5. The van der Waals surface area contributed by atoms with Crippen molar-refractivity contribution in [3.05, 3.63) is 0 Å². The fourth-order valence-electron chi connectivity index (χ4n) is 1.96. The minimum atomic E-state index is -0.715. The molecule has 0 aromatic carbocycles. The van der Waals surface area contributed by atoms with Crippen LogP contribution in [0.5, 0.6) is 0 Å². The van der Waals surface area contributed by atoms with E-state index in [1.54, 1.807) is 0 Å². The summed E-state index contributed by atoms with van der Waals surface area (Å²) in [5, 5.41) is 17.6. The summed E-state index contributed by atoms with van der Waals surface area (Å²) in [6.45, 7) is 3.00. The van der Waals surface area contributed by atoms with Crippen molar-refractivity contribution in [2.45, 2.75) is 77.2 Å². The number of ether oxygens (including phenoxy) is 1. The Bertz CT molecular complexity index is 162. The maximum absolute atomic E-state index is 9.04. The minimum Gasteiger partial charge on any atom is -1.00 e. The summed E-state index contributed by atoms with van der Waals surface area (Å²) in [5.41, 5.74) is 0. The van der Waals surface area contributed by atoms with Gasteiger partial charge in [0.15, 0.2) is 0 Å². The van der Waals surface area contributed by atoms with Crippen LogP contribution in [0.1, 0.15) is 72.6 Å². The van der Waals surface area contributed by atoms with Crippen molar-refractivity contribution >= 4 is 0 Å². The second-order valence-electron chi connectivity index (χ2n) is 5.09. The normalized spacial score (nSPS) is 12.2. The van der Waals surface area contributed by atoms with Gasteiger partial charge in [0.2, 0.25) is 0 Å². The van der Waals surface area contributed by atoms with Crippen LogP contribution in [0.15, 0.2) is 0 Å². The van der Waals surface area contributed by atoms with Crippen LogP contribution in [0.4, 0.5) is 0 Å². The van der Waals surface area contributed by atoms with Crippen LogP contribution < -0.4 is 29.6 Å². The zero-order valence-corrected chi connectivity index (χ0v) is 15.1. The Labute approximate surface area is 142 Å². The van der Waals surface area contributed by atoms with E-state index in [0.717, 1.165) is 6.42 Å². The topological polar surface area (TPSA) is 49.7 Å². The van der Waals surface area contributed by atoms with Gasteiger partial charge in [0.25, 0.3) is 0 Å². The van der Waals surface area contributed by atoms with E-state index in [-0.39, 0.29) is 44.2 Å². The Hall–Kier alpha value is 0.880. The van der Waals surface area contributed by atoms with Crippen molar-refractivity contribution in [1.29, 1.82) is 0 Å². The zero-order valence-electron chi connectivity index (χ0n) is 14.1. The van der Waals surface area contributed by atoms with E-state index >= 15 is 0 Å². The molecule has 0 amide bonds. The molecule has 0 aromatic heterocycles. The van der Waals surface area contributed by atoms with Gasteiger partial charge >= 0.3 is 29.6 Å². The van der Waals surface area contributed by atoms with E-state index in [9.17, 15) is 0 Å². The summed E-state index contributed by atoms with van der Waals surface area (Å²) in [7, 11) is 0. The van der Waals surface area contributed by atoms with Gasteiger partial charge in [-0.1, -0.05) is 64.7 Å². The molecule has 4 heteroatoms. The largest absolute Gasteiger partial charge is 1.00 e. The number of aliphatic hydroxyl groups excluding tert-OH is 2. The molecule has 0 spiro atoms. The number of hydrogen-bond donors (Lipinski definition) is 2. The maximum atomic E-state index is 9.04. The first-order valence-corrected chi connectivity index (χ1v) is 7.68. The molecule has 1 atom stereocenters. The van der Waals surface area contributed by atoms with Crippen LogP contribution >= 0.6 is 0 Å². The van der Waals surface area contributed by atoms with Gasteiger partial charge in [-0.15, -0.1) is 0 Å². The van der Waals surface area contributed by atoms with Gasteiger partial charge in [-0.05, 0) is 6.42 Å². The molecule has 0 heterocycles. The van der Waals surface area contributed by atoms with Crippen LogP contribution in [0, 0.1) is 0 Å². The summed E-state index contributed by atoms with van der Waals surface area (Å²) in [6, 6.07) is 0. The Kier molecular flexibility index (Phi) is 22.0. The fraction of sp³-hybridized carbons (Fsp3) is 1.00. The predicted octanol–water partition coefficient (Wildman–Crippen LogP) is 0.394. The SMILES string of the molecule is CCCCCCCCCCCCOCC(O)CO.[H-].[Na+]. The Morgan fingerprint density at radius 2 is 1.37 bits per heavy atom. The summed E-state index contributed by atoms with van der Waals surface area (Å²) >= 11 is 0. The molecule has 19 heavy (non-hydrogen) atoms. The predicted molar refractivity (Wildman–Crippen MR) is 76.9 cm³/mol. The molecule has 1 unspecified atom stereocenters. The fourth-order valence-corrected chi connectivity index (χ4v) is 1.96. The molecule has 0 aromatic rings. The number of aliphatic hydroxyl groups is 2. The minimum absolute atomic E-state index is 0. The molecule has 0 fully saturated rings. The molecular formula is C15H33NaO3. The first-order chi connectivity index (χ1) is 8.81. The molecule has 0 aliphatic rings. The van der Waals surface area contributed by atoms with E-state index in [1.165, 1.54) is 57.8 Å². The monoisotopic (exact) mass is 284 g/mol. The first kappa shape index (κ1) is 22.2. The average molecular weight is 284 g/mol. The van der Waals surface area contributed by atoms with E-state index in [4.69, 9.17) is 14.9 Å². The molecule has 0 aliphatic heterocycles. The molecule has 0 radical (unpaired) electrons. The van der Waals surface area contributed by atoms with Crippen molar-refractivity contribution in [2.24, 2.45) is 0 Å². The second kappa shape index (κ2) is 18.9. The van der Waals surface area contributed by atoms with Crippen LogP contribution in [-0.4, -0.2) is 36.1 Å². The van der Waals surface area contributed by atoms with Crippen molar-refractivity contribution in [2.75, 3.05) is 19.8 Å². The first-order valence-electron chi connectivity index (χ1n) is 7.68. The smallest absolute Gasteiger partial charge is 1.00 e. The molecule has 112 valence electrons. The Balaban J connectivity index is -0.00000144. The van der Waals surface area contributed by atoms with E-state index < -0.39 is 6.10 Å². The molecule has 0 bridgehead atoms. The molecule has 3 nitrogen and oxygen atoms in total. The van der Waals surface area contributed by atoms with Crippen molar-refractivity contribution in [1.82, 2.24) is 0 Å². The summed E-state index contributed by atoms with van der Waals surface area (Å²) in [5.74, 6) is 0. The maximum Gasteiger partial charge on any atom is 1.00 e. The molecule has 0 aliphatic carbocycles. The average Bonchev–Trinajstić information content (AvgIpc) is 2.39. The van der Waals surface area contributed by atoms with Crippen LogP contribution in [0.2, 0.25) is 0 Å². The van der Waals surface area contributed by atoms with Crippen LogP contribution in [0.3, 0.4) is 0 Å². The van der Waals surface area contributed by atoms with E-state index in [1.807, 2.05) is 0 Å². The third kappa shape index (κ3) is 18.9. The van der Waals surface area contributed by atoms with Gasteiger partial charge < -0.3 is 16.4 Å². The van der Waals surface area contributed by atoms with Gasteiger partial charge in [0, 0.05) is 6.61 Å². The number of hydrogen-bond acceptors (Lipinski definition) is 3. The zero-order chi connectivity index (χ0) is 13.5. The van der Waals surface area contributed by atoms with Crippen molar-refractivity contribution in [3.63, 3.8) is 0 Å². The van der Waals surface area contributed by atoms with Gasteiger partial charge in [-0.25, -0.2) is 0 Å². The van der Waals surface area contributed by atoms with Gasteiger partial charge in [0.1, 0.15) is 6.10 Å². The Morgan fingerprint density at radius 3 is 1.84 bits per heavy atom. The third-order valence-electron chi connectivity index (χ3n) is 3.16. The molecule has 0 rings (SSSR count). The van der Waals surface area contributed by atoms with Crippen LogP contribution in [-0.2, 0) is 4.74 Å². The van der Waals surface area contributed by atoms with E-state index in [0.29, 0.717) is 6.61 Å². The van der Waals surface area contributed by atoms with Gasteiger partial charge in [0.05, 0.1) is 13.2 Å². The number of unbranched alkanes of at least 4 members (excludes halogenated alkanes) is 9. The summed E-state index contributed by atoms with van der Waals surface area (Å²) in [4.78, 5) is 0. The van der Waals surface area contributed by atoms with Gasteiger partial charge in [-0.3, -0.25) is 0 Å². The Morgan fingerprint density at radius 1 is 0.895 bits per heavy atom. The van der Waals surface area contributed by atoms with E-state index in [2.05, 4.69) is 6.92 Å². The van der Waals surface area contributed by atoms with Gasteiger partial charge in [-0.2, -0.15) is 0 Å². The van der Waals surface area contributed by atoms with Crippen LogP contribution in [0.25, 0.3) is 0 Å². The number of rotatable bonds is 14. The van der Waals surface area contributed by atoms with Crippen molar-refractivity contribution in [3.8, 4) is 0 Å². The standard InChI is InChI=1S/C15H32O3.Na.H/c1-2-3-4-5-6-7-8-9-10-11-12-18-14-15(17)13-16;;/h15-17H,2-14H2,1H3;;/q;+1;-1. The third-order valence-corrected chi connectivity index (χ3v) is 3.16. The molecule has 0 saturated heterocycles. The molecule has 0 saturated carbocycles. The quantitative estimate of drug-likeness (QED) is 0.358. The molecule has 2 N–H and O–H groups in total. The summed E-state index contributed by atoms with van der Waals surface area (Å²) < 4.78 is 5.25.